The van der Waals surface area contributed by atoms with Gasteiger partial charge in [-0.1, -0.05) is 12.8 Å². The standard InChI is InChI=1S/C16H31N3O5S/c1-12(20)23-9-14(24-13(2)21)10-25-11-15(18)16(22)19-8-6-4-3-5-7-17/h14-15H,3-11,17-18H2,1-2H3,(H,19,22)/t14-,15+/m1/s1. The van der Waals surface area contributed by atoms with Crippen LogP contribution in [-0.4, -0.2) is 61.2 Å². The fourth-order valence-corrected chi connectivity index (χ4v) is 2.90. The van der Waals surface area contributed by atoms with Gasteiger partial charge in [-0.3, -0.25) is 14.4 Å². The molecule has 0 heterocycles. The van der Waals surface area contributed by atoms with Crippen LogP contribution in [0.4, 0.5) is 0 Å². The van der Waals surface area contributed by atoms with Gasteiger partial charge in [-0.05, 0) is 19.4 Å². The van der Waals surface area contributed by atoms with Gasteiger partial charge in [0.05, 0.1) is 6.04 Å². The average molecular weight is 378 g/mol. The molecule has 0 radical (unpaired) electrons. The molecule has 0 aromatic heterocycles. The molecule has 0 saturated carbocycles. The third-order valence-electron chi connectivity index (χ3n) is 3.17. The van der Waals surface area contributed by atoms with Crippen molar-refractivity contribution < 1.29 is 23.9 Å². The Labute approximate surface area is 153 Å². The summed E-state index contributed by atoms with van der Waals surface area (Å²) in [5, 5.41) is 2.81. The molecule has 0 fully saturated rings. The molecule has 0 saturated heterocycles. The average Bonchev–Trinajstić information content (AvgIpc) is 2.54. The Morgan fingerprint density at radius 1 is 1.04 bits per heavy atom. The van der Waals surface area contributed by atoms with E-state index in [1.807, 2.05) is 0 Å². The van der Waals surface area contributed by atoms with E-state index in [1.165, 1.54) is 25.6 Å². The molecular weight excluding hydrogens is 346 g/mol. The van der Waals surface area contributed by atoms with E-state index in [-0.39, 0.29) is 12.5 Å². The van der Waals surface area contributed by atoms with Gasteiger partial charge in [-0.25, -0.2) is 0 Å². The monoisotopic (exact) mass is 377 g/mol. The number of ether oxygens (including phenoxy) is 2. The van der Waals surface area contributed by atoms with Crippen molar-refractivity contribution in [3.05, 3.63) is 0 Å². The van der Waals surface area contributed by atoms with Crippen LogP contribution in [0.15, 0.2) is 0 Å². The highest BCUT2D eigenvalue weighted by Gasteiger charge is 2.17. The van der Waals surface area contributed by atoms with Crippen LogP contribution >= 0.6 is 11.8 Å². The highest BCUT2D eigenvalue weighted by atomic mass is 32.2. The van der Waals surface area contributed by atoms with Gasteiger partial charge in [0.25, 0.3) is 0 Å². The van der Waals surface area contributed by atoms with E-state index in [0.717, 1.165) is 25.7 Å². The molecular formula is C16H31N3O5S. The summed E-state index contributed by atoms with van der Waals surface area (Å²) in [5.41, 5.74) is 11.3. The molecule has 25 heavy (non-hydrogen) atoms. The fourth-order valence-electron chi connectivity index (χ4n) is 1.93. The number of hydrogen-bond donors (Lipinski definition) is 3. The third-order valence-corrected chi connectivity index (χ3v) is 4.38. The van der Waals surface area contributed by atoms with Crippen LogP contribution in [0.25, 0.3) is 0 Å². The van der Waals surface area contributed by atoms with E-state index < -0.39 is 24.1 Å². The summed E-state index contributed by atoms with van der Waals surface area (Å²) in [4.78, 5) is 33.8. The maximum atomic E-state index is 11.9. The van der Waals surface area contributed by atoms with E-state index in [4.69, 9.17) is 20.9 Å². The first kappa shape index (κ1) is 23.7. The molecule has 0 aromatic carbocycles. The molecule has 0 spiro atoms. The zero-order valence-corrected chi connectivity index (χ0v) is 15.9. The molecule has 2 atom stereocenters. The lowest BCUT2D eigenvalue weighted by molar-refractivity contribution is -0.154. The molecule has 8 nitrogen and oxygen atoms in total. The normalized spacial score (nSPS) is 13.0. The fraction of sp³-hybridized carbons (Fsp3) is 0.812. The molecule has 0 bridgehead atoms. The highest BCUT2D eigenvalue weighted by molar-refractivity contribution is 7.99. The lowest BCUT2D eigenvalue weighted by Crippen LogP contribution is -2.43. The third kappa shape index (κ3) is 14.7. The summed E-state index contributed by atoms with van der Waals surface area (Å²) in [6.45, 7) is 3.86. The second-order valence-corrected chi connectivity index (χ2v) is 6.75. The Bertz CT molecular complexity index is 409. The molecule has 0 aliphatic carbocycles. The van der Waals surface area contributed by atoms with Gasteiger partial charge < -0.3 is 26.3 Å². The largest absolute Gasteiger partial charge is 0.462 e. The minimum absolute atomic E-state index is 0.00779. The molecule has 0 aliphatic heterocycles. The maximum Gasteiger partial charge on any atom is 0.303 e. The summed E-state index contributed by atoms with van der Waals surface area (Å²) in [5.74, 6) is -0.307. The second-order valence-electron chi connectivity index (χ2n) is 5.67. The minimum atomic E-state index is -0.638. The van der Waals surface area contributed by atoms with Crippen molar-refractivity contribution in [1.82, 2.24) is 5.32 Å². The van der Waals surface area contributed by atoms with Crippen LogP contribution < -0.4 is 16.8 Å². The molecule has 1 amide bonds. The van der Waals surface area contributed by atoms with Gasteiger partial charge in [0.1, 0.15) is 12.7 Å². The van der Waals surface area contributed by atoms with Gasteiger partial charge in [0, 0.05) is 31.9 Å². The number of carbonyl (C=O) groups excluding carboxylic acids is 3. The Kier molecular flexibility index (Phi) is 14.2. The highest BCUT2D eigenvalue weighted by Crippen LogP contribution is 2.09. The summed E-state index contributed by atoms with van der Waals surface area (Å²) >= 11 is 1.37. The topological polar surface area (TPSA) is 134 Å². The van der Waals surface area contributed by atoms with E-state index in [9.17, 15) is 14.4 Å². The molecule has 0 rings (SSSR count). The van der Waals surface area contributed by atoms with Crippen molar-refractivity contribution in [2.24, 2.45) is 11.5 Å². The molecule has 9 heteroatoms. The number of thioether (sulfide) groups is 1. The second kappa shape index (κ2) is 15.0. The van der Waals surface area contributed by atoms with Gasteiger partial charge in [-0.15, -0.1) is 0 Å². The maximum absolute atomic E-state index is 11.9. The summed E-state index contributed by atoms with van der Waals surface area (Å²) in [7, 11) is 0. The van der Waals surface area contributed by atoms with E-state index in [0.29, 0.717) is 24.6 Å². The SMILES string of the molecule is CC(=O)OC[C@H](CSC[C@H](N)C(=O)NCCCCCCN)OC(C)=O. The van der Waals surface area contributed by atoms with E-state index in [1.54, 1.807) is 0 Å². The molecule has 0 aliphatic rings. The van der Waals surface area contributed by atoms with Crippen molar-refractivity contribution in [1.29, 1.82) is 0 Å². The minimum Gasteiger partial charge on any atom is -0.462 e. The Morgan fingerprint density at radius 2 is 1.72 bits per heavy atom. The van der Waals surface area contributed by atoms with Crippen LogP contribution in [-0.2, 0) is 23.9 Å². The van der Waals surface area contributed by atoms with Crippen molar-refractivity contribution in [3.8, 4) is 0 Å². The number of amides is 1. The summed E-state index contributed by atoms with van der Waals surface area (Å²) in [6.07, 6.45) is 3.45. The zero-order valence-electron chi connectivity index (χ0n) is 15.1. The van der Waals surface area contributed by atoms with Crippen molar-refractivity contribution in [3.63, 3.8) is 0 Å². The predicted octanol–water partition coefficient (Wildman–Crippen LogP) is 0.177. The van der Waals surface area contributed by atoms with Crippen LogP contribution in [0, 0.1) is 0 Å². The smallest absolute Gasteiger partial charge is 0.303 e. The molecule has 146 valence electrons. The van der Waals surface area contributed by atoms with Crippen molar-refractivity contribution in [2.45, 2.75) is 51.7 Å². The number of nitrogens with two attached hydrogens (primary N) is 2. The van der Waals surface area contributed by atoms with Gasteiger partial charge in [0.2, 0.25) is 5.91 Å². The number of esters is 2. The summed E-state index contributed by atoms with van der Waals surface area (Å²) < 4.78 is 9.92. The van der Waals surface area contributed by atoms with Gasteiger partial charge in [-0.2, -0.15) is 11.8 Å². The van der Waals surface area contributed by atoms with E-state index >= 15 is 0 Å². The number of carbonyl (C=O) groups is 3. The lowest BCUT2D eigenvalue weighted by atomic mass is 10.2. The predicted molar refractivity (Wildman–Crippen MR) is 98.0 cm³/mol. The lowest BCUT2D eigenvalue weighted by Gasteiger charge is -2.17. The number of unbranched alkanes of at least 4 members (excludes halogenated alkanes) is 3. The number of nitrogens with one attached hydrogen (secondary N) is 1. The Hall–Kier alpha value is -1.32. The first-order valence-electron chi connectivity index (χ1n) is 8.48. The van der Waals surface area contributed by atoms with Crippen LogP contribution in [0.2, 0.25) is 0 Å². The van der Waals surface area contributed by atoms with Crippen LogP contribution in [0.1, 0.15) is 39.5 Å². The number of rotatable bonds is 14. The Morgan fingerprint density at radius 3 is 2.32 bits per heavy atom. The van der Waals surface area contributed by atoms with E-state index in [2.05, 4.69) is 5.32 Å². The van der Waals surface area contributed by atoms with Gasteiger partial charge >= 0.3 is 11.9 Å². The molecule has 5 N–H and O–H groups in total. The summed E-state index contributed by atoms with van der Waals surface area (Å²) in [6, 6.07) is -0.638. The van der Waals surface area contributed by atoms with Crippen LogP contribution in [0.3, 0.4) is 0 Å². The van der Waals surface area contributed by atoms with Crippen molar-refractivity contribution in [2.75, 3.05) is 31.2 Å². The van der Waals surface area contributed by atoms with Crippen LogP contribution in [0.5, 0.6) is 0 Å². The quantitative estimate of drug-likeness (QED) is 0.288. The van der Waals surface area contributed by atoms with Gasteiger partial charge in [0.15, 0.2) is 0 Å². The first-order valence-corrected chi connectivity index (χ1v) is 9.64. The molecule has 0 aromatic rings. The first-order chi connectivity index (χ1) is 11.9. The molecule has 0 unspecified atom stereocenters. The zero-order chi connectivity index (χ0) is 19.1. The van der Waals surface area contributed by atoms with Crippen molar-refractivity contribution >= 4 is 29.6 Å². The number of hydrogen-bond acceptors (Lipinski definition) is 8. The Balaban J connectivity index is 3.94.